The van der Waals surface area contributed by atoms with Gasteiger partial charge in [-0.05, 0) is 18.4 Å². The van der Waals surface area contributed by atoms with Crippen molar-refractivity contribution in [2.45, 2.75) is 62.8 Å². The SMILES string of the molecule is CCCC[Si]C1CCC(OC)(OC)CC1. The molecule has 0 unspecified atom stereocenters. The minimum absolute atomic E-state index is 0.258. The fraction of sp³-hybridized carbons (Fsp3) is 1.00. The number of unbranched alkanes of at least 4 members (excludes halogenated alkanes) is 1. The van der Waals surface area contributed by atoms with Crippen molar-refractivity contribution in [1.82, 2.24) is 0 Å². The van der Waals surface area contributed by atoms with Crippen molar-refractivity contribution >= 4 is 9.52 Å². The summed E-state index contributed by atoms with van der Waals surface area (Å²) in [7, 11) is 4.69. The van der Waals surface area contributed by atoms with Gasteiger partial charge in [-0.2, -0.15) is 0 Å². The predicted molar refractivity (Wildman–Crippen MR) is 64.4 cm³/mol. The molecule has 0 saturated heterocycles. The predicted octanol–water partition coefficient (Wildman–Crippen LogP) is 3.26. The lowest BCUT2D eigenvalue weighted by Gasteiger charge is -2.37. The average molecular weight is 228 g/mol. The van der Waals surface area contributed by atoms with Crippen LogP contribution in [0.1, 0.15) is 45.4 Å². The first-order valence-electron chi connectivity index (χ1n) is 6.10. The fourth-order valence-electron chi connectivity index (χ4n) is 2.24. The Morgan fingerprint density at radius 1 is 1.20 bits per heavy atom. The smallest absolute Gasteiger partial charge is 0.167 e. The second-order valence-corrected chi connectivity index (χ2v) is 6.13. The van der Waals surface area contributed by atoms with Crippen molar-refractivity contribution < 1.29 is 9.47 Å². The fourth-order valence-corrected chi connectivity index (χ4v) is 3.90. The van der Waals surface area contributed by atoms with E-state index in [2.05, 4.69) is 6.92 Å². The van der Waals surface area contributed by atoms with Gasteiger partial charge in [0.05, 0.1) is 0 Å². The van der Waals surface area contributed by atoms with Gasteiger partial charge < -0.3 is 9.47 Å². The molecule has 0 atom stereocenters. The van der Waals surface area contributed by atoms with E-state index in [1.807, 2.05) is 0 Å². The topological polar surface area (TPSA) is 18.5 Å². The number of ether oxygens (including phenoxy) is 2. The molecule has 15 heavy (non-hydrogen) atoms. The second kappa shape index (κ2) is 6.66. The van der Waals surface area contributed by atoms with Crippen LogP contribution in [0.4, 0.5) is 0 Å². The van der Waals surface area contributed by atoms with Gasteiger partial charge in [0.1, 0.15) is 0 Å². The van der Waals surface area contributed by atoms with E-state index in [4.69, 9.17) is 9.47 Å². The van der Waals surface area contributed by atoms with E-state index in [-0.39, 0.29) is 5.79 Å². The molecule has 0 amide bonds. The van der Waals surface area contributed by atoms with Crippen molar-refractivity contribution in [2.75, 3.05) is 14.2 Å². The monoisotopic (exact) mass is 228 g/mol. The van der Waals surface area contributed by atoms with Gasteiger partial charge in [0.25, 0.3) is 0 Å². The zero-order chi connectivity index (χ0) is 11.1. The summed E-state index contributed by atoms with van der Waals surface area (Å²) in [6.45, 7) is 2.27. The number of hydrogen-bond acceptors (Lipinski definition) is 2. The molecule has 0 heterocycles. The van der Waals surface area contributed by atoms with Crippen LogP contribution in [-0.4, -0.2) is 29.5 Å². The lowest BCUT2D eigenvalue weighted by molar-refractivity contribution is -0.222. The first kappa shape index (κ1) is 13.2. The molecule has 0 aromatic carbocycles. The molecule has 0 aliphatic heterocycles. The van der Waals surface area contributed by atoms with Gasteiger partial charge in [-0.25, -0.2) is 0 Å². The minimum atomic E-state index is -0.258. The molecule has 3 heteroatoms. The lowest BCUT2D eigenvalue weighted by Crippen LogP contribution is -2.37. The maximum absolute atomic E-state index is 5.48. The Labute approximate surface area is 96.5 Å². The Morgan fingerprint density at radius 3 is 2.27 bits per heavy atom. The third-order valence-electron chi connectivity index (χ3n) is 3.45. The van der Waals surface area contributed by atoms with Crippen LogP contribution in [0.5, 0.6) is 0 Å². The zero-order valence-electron chi connectivity index (χ0n) is 10.3. The summed E-state index contributed by atoms with van der Waals surface area (Å²) >= 11 is 0. The molecular weight excluding hydrogens is 204 g/mol. The molecule has 2 nitrogen and oxygen atoms in total. The van der Waals surface area contributed by atoms with Gasteiger partial charge in [0, 0.05) is 36.6 Å². The van der Waals surface area contributed by atoms with Crippen molar-refractivity contribution in [3.8, 4) is 0 Å². The number of hydrogen-bond donors (Lipinski definition) is 0. The third-order valence-corrected chi connectivity index (χ3v) is 5.25. The largest absolute Gasteiger partial charge is 0.353 e. The molecule has 0 N–H and O–H groups in total. The Kier molecular flexibility index (Phi) is 5.86. The highest BCUT2D eigenvalue weighted by Crippen LogP contribution is 2.37. The summed E-state index contributed by atoms with van der Waals surface area (Å²) in [6.07, 6.45) is 7.44. The Balaban J connectivity index is 2.22. The van der Waals surface area contributed by atoms with Crippen molar-refractivity contribution in [2.24, 2.45) is 0 Å². The quantitative estimate of drug-likeness (QED) is 0.395. The van der Waals surface area contributed by atoms with E-state index in [0.717, 1.165) is 27.9 Å². The van der Waals surface area contributed by atoms with Crippen molar-refractivity contribution in [3.05, 3.63) is 0 Å². The minimum Gasteiger partial charge on any atom is -0.353 e. The summed E-state index contributed by atoms with van der Waals surface area (Å²) in [5, 5.41) is 0. The highest BCUT2D eigenvalue weighted by Gasteiger charge is 2.34. The Morgan fingerprint density at radius 2 is 1.80 bits per heavy atom. The standard InChI is InChI=1S/C12H24O2Si/c1-4-5-10-15-11-6-8-12(13-2,14-3)9-7-11/h11H,4-10H2,1-3H3. The lowest BCUT2D eigenvalue weighted by atomic mass is 9.93. The van der Waals surface area contributed by atoms with Crippen molar-refractivity contribution in [1.29, 1.82) is 0 Å². The van der Waals surface area contributed by atoms with Crippen LogP contribution >= 0.6 is 0 Å². The first-order valence-corrected chi connectivity index (χ1v) is 7.38. The van der Waals surface area contributed by atoms with Gasteiger partial charge in [-0.3, -0.25) is 0 Å². The highest BCUT2D eigenvalue weighted by atomic mass is 28.2. The Bertz CT molecular complexity index is 159. The van der Waals surface area contributed by atoms with E-state index < -0.39 is 0 Å². The molecule has 0 aromatic rings. The second-order valence-electron chi connectivity index (χ2n) is 4.40. The van der Waals surface area contributed by atoms with Crippen LogP contribution in [0.3, 0.4) is 0 Å². The van der Waals surface area contributed by atoms with Gasteiger partial charge in [-0.15, -0.1) is 0 Å². The van der Waals surface area contributed by atoms with Gasteiger partial charge in [-0.1, -0.05) is 25.8 Å². The summed E-state index contributed by atoms with van der Waals surface area (Å²) in [6, 6.07) is 1.42. The van der Waals surface area contributed by atoms with Crippen molar-refractivity contribution in [3.63, 3.8) is 0 Å². The van der Waals surface area contributed by atoms with Gasteiger partial charge in [0.15, 0.2) is 5.79 Å². The molecule has 0 bridgehead atoms. The van der Waals surface area contributed by atoms with E-state index in [1.165, 1.54) is 31.7 Å². The van der Waals surface area contributed by atoms with E-state index >= 15 is 0 Å². The molecule has 1 saturated carbocycles. The average Bonchev–Trinajstić information content (AvgIpc) is 2.31. The highest BCUT2D eigenvalue weighted by molar-refractivity contribution is 6.37. The van der Waals surface area contributed by atoms with Crippen LogP contribution in [0.2, 0.25) is 11.6 Å². The van der Waals surface area contributed by atoms with Gasteiger partial charge >= 0.3 is 0 Å². The third kappa shape index (κ3) is 3.89. The zero-order valence-corrected chi connectivity index (χ0v) is 11.3. The van der Waals surface area contributed by atoms with Crippen LogP contribution in [0, 0.1) is 0 Å². The maximum atomic E-state index is 5.48. The summed E-state index contributed by atoms with van der Waals surface area (Å²) < 4.78 is 11.0. The Hall–Kier alpha value is 0.137. The summed E-state index contributed by atoms with van der Waals surface area (Å²) in [5.74, 6) is -0.258. The van der Waals surface area contributed by atoms with Crippen LogP contribution in [0.25, 0.3) is 0 Å². The molecule has 88 valence electrons. The van der Waals surface area contributed by atoms with E-state index in [1.54, 1.807) is 14.2 Å². The molecular formula is C12H24O2Si. The van der Waals surface area contributed by atoms with E-state index in [9.17, 15) is 0 Å². The van der Waals surface area contributed by atoms with Crippen LogP contribution in [0.15, 0.2) is 0 Å². The molecule has 1 aliphatic rings. The normalized spacial score (nSPS) is 21.8. The number of methoxy groups -OCH3 is 2. The number of rotatable bonds is 6. The first-order chi connectivity index (χ1) is 7.26. The molecule has 2 radical (unpaired) electrons. The molecule has 0 aromatic heterocycles. The summed E-state index contributed by atoms with van der Waals surface area (Å²) in [5.41, 5.74) is 0.940. The maximum Gasteiger partial charge on any atom is 0.167 e. The molecule has 0 spiro atoms. The molecule has 1 rings (SSSR count). The summed E-state index contributed by atoms with van der Waals surface area (Å²) in [4.78, 5) is 0. The molecule has 1 aliphatic carbocycles. The van der Waals surface area contributed by atoms with E-state index in [0.29, 0.717) is 0 Å². The van der Waals surface area contributed by atoms with Gasteiger partial charge in [0.2, 0.25) is 0 Å². The van der Waals surface area contributed by atoms with Crippen LogP contribution < -0.4 is 0 Å². The molecule has 1 fully saturated rings. The van der Waals surface area contributed by atoms with Crippen LogP contribution in [-0.2, 0) is 9.47 Å².